The van der Waals surface area contributed by atoms with Gasteiger partial charge in [-0.1, -0.05) is 0 Å². The maximum atomic E-state index is 8.63. The van der Waals surface area contributed by atoms with E-state index in [0.29, 0.717) is 0 Å². The number of nitrogen functional groups attached to an aromatic ring is 1. The Labute approximate surface area is 95.5 Å². The van der Waals surface area contributed by atoms with Gasteiger partial charge in [-0.15, -0.1) is 0 Å². The van der Waals surface area contributed by atoms with E-state index in [0.717, 1.165) is 10.2 Å². The van der Waals surface area contributed by atoms with Crippen LogP contribution in [0.5, 0.6) is 0 Å². The first-order valence-corrected chi connectivity index (χ1v) is 5.72. The van der Waals surface area contributed by atoms with Crippen molar-refractivity contribution in [3.8, 4) is 0 Å². The zero-order valence-corrected chi connectivity index (χ0v) is 10.2. The average Bonchev–Trinajstić information content (AvgIpc) is 1.99. The van der Waals surface area contributed by atoms with Crippen LogP contribution in [0.4, 0.5) is 11.4 Å². The molecule has 6 nitrogen and oxygen atoms in total. The first-order valence-electron chi connectivity index (χ1n) is 4.36. The first-order chi connectivity index (χ1) is 7.00. The Bertz CT molecular complexity index is 412. The molecular formula is C9H16N2O4S. The molecule has 0 atom stereocenters. The zero-order valence-electron chi connectivity index (χ0n) is 9.41. The molecule has 0 aliphatic carbocycles. The van der Waals surface area contributed by atoms with Crippen molar-refractivity contribution in [3.63, 3.8) is 0 Å². The standard InChI is InChI=1S/C9H15N2.H2O4S/c1-11(2,3)9-6-4-8(10)5-7-9;1-5(2,3)4/h4-7H,10H2,1-3H3;(H2,1,2,3,4)/q+1;/p-1. The molecule has 92 valence electrons. The molecule has 7 heteroatoms. The van der Waals surface area contributed by atoms with E-state index in [1.807, 2.05) is 12.1 Å². The van der Waals surface area contributed by atoms with Gasteiger partial charge in [-0.05, 0) is 12.1 Å². The third-order valence-corrected chi connectivity index (χ3v) is 1.67. The highest BCUT2D eigenvalue weighted by atomic mass is 32.3. The summed E-state index contributed by atoms with van der Waals surface area (Å²) in [5, 5.41) is 0. The zero-order chi connectivity index (χ0) is 13.0. The lowest BCUT2D eigenvalue weighted by molar-refractivity contribution is 0.366. The molecule has 0 aromatic heterocycles. The molecule has 0 spiro atoms. The smallest absolute Gasteiger partial charge is 0.215 e. The number of rotatable bonds is 1. The lowest BCUT2D eigenvalue weighted by Crippen LogP contribution is -2.34. The molecule has 0 amide bonds. The maximum absolute atomic E-state index is 8.63. The lowest BCUT2D eigenvalue weighted by atomic mass is 10.2. The van der Waals surface area contributed by atoms with Crippen molar-refractivity contribution in [2.45, 2.75) is 0 Å². The van der Waals surface area contributed by atoms with Gasteiger partial charge in [0.1, 0.15) is 5.69 Å². The van der Waals surface area contributed by atoms with E-state index in [2.05, 4.69) is 33.3 Å². The molecule has 1 rings (SSSR count). The summed E-state index contributed by atoms with van der Waals surface area (Å²) in [6.45, 7) is 0. The average molecular weight is 248 g/mol. The third-order valence-electron chi connectivity index (χ3n) is 1.67. The highest BCUT2D eigenvalue weighted by Crippen LogP contribution is 2.17. The highest BCUT2D eigenvalue weighted by Gasteiger charge is 2.09. The second-order valence-corrected chi connectivity index (χ2v) is 4.89. The van der Waals surface area contributed by atoms with Crippen molar-refractivity contribution in [3.05, 3.63) is 24.3 Å². The molecule has 0 aliphatic heterocycles. The Balaban J connectivity index is 0.000000385. The van der Waals surface area contributed by atoms with Crippen LogP contribution >= 0.6 is 0 Å². The molecular weight excluding hydrogens is 232 g/mol. The predicted molar refractivity (Wildman–Crippen MR) is 62.7 cm³/mol. The van der Waals surface area contributed by atoms with E-state index < -0.39 is 10.4 Å². The number of anilines is 1. The fourth-order valence-electron chi connectivity index (χ4n) is 0.922. The number of nitrogens with zero attached hydrogens (tertiary/aromatic N) is 1. The molecule has 0 aliphatic rings. The number of hydrogen-bond acceptors (Lipinski definition) is 4. The highest BCUT2D eigenvalue weighted by molar-refractivity contribution is 7.79. The van der Waals surface area contributed by atoms with Gasteiger partial charge in [-0.2, -0.15) is 0 Å². The van der Waals surface area contributed by atoms with Crippen molar-refractivity contribution >= 4 is 21.8 Å². The van der Waals surface area contributed by atoms with Crippen LogP contribution in [0.15, 0.2) is 24.3 Å². The van der Waals surface area contributed by atoms with E-state index >= 15 is 0 Å². The summed E-state index contributed by atoms with van der Waals surface area (Å²) in [5.41, 5.74) is 7.65. The van der Waals surface area contributed by atoms with Crippen LogP contribution in [0, 0.1) is 0 Å². The normalized spacial score (nSPS) is 11.6. The van der Waals surface area contributed by atoms with Crippen LogP contribution in [0.2, 0.25) is 0 Å². The van der Waals surface area contributed by atoms with Gasteiger partial charge in [-0.25, -0.2) is 8.42 Å². The summed E-state index contributed by atoms with van der Waals surface area (Å²) in [7, 11) is 1.47. The molecule has 0 heterocycles. The molecule has 0 saturated carbocycles. The Morgan fingerprint density at radius 3 is 1.75 bits per heavy atom. The quantitative estimate of drug-likeness (QED) is 0.325. The van der Waals surface area contributed by atoms with Gasteiger partial charge in [0.25, 0.3) is 0 Å². The van der Waals surface area contributed by atoms with Crippen LogP contribution in [0.3, 0.4) is 0 Å². The Kier molecular flexibility index (Phi) is 4.88. The van der Waals surface area contributed by atoms with Crippen LogP contribution in [-0.4, -0.2) is 38.7 Å². The van der Waals surface area contributed by atoms with Crippen LogP contribution in [0.25, 0.3) is 0 Å². The SMILES string of the molecule is C[N+](C)(C)c1ccc(N)cc1.O=S(=O)([O-])O. The predicted octanol–water partition coefficient (Wildman–Crippen LogP) is 0.470. The van der Waals surface area contributed by atoms with Crippen LogP contribution in [0.1, 0.15) is 0 Å². The van der Waals surface area contributed by atoms with Crippen molar-refractivity contribution in [1.29, 1.82) is 0 Å². The summed E-state index contributed by atoms with van der Waals surface area (Å²) in [5.74, 6) is 0. The molecule has 0 bridgehead atoms. The third kappa shape index (κ3) is 8.18. The lowest BCUT2D eigenvalue weighted by Gasteiger charge is -2.23. The summed E-state index contributed by atoms with van der Waals surface area (Å²) in [6.07, 6.45) is 0. The molecule has 0 unspecified atom stereocenters. The molecule has 0 fully saturated rings. The Morgan fingerprint density at radius 1 is 1.19 bits per heavy atom. The van der Waals surface area contributed by atoms with E-state index in [1.54, 1.807) is 0 Å². The van der Waals surface area contributed by atoms with Crippen molar-refractivity contribution in [2.24, 2.45) is 0 Å². The van der Waals surface area contributed by atoms with Gasteiger partial charge >= 0.3 is 0 Å². The van der Waals surface area contributed by atoms with E-state index in [1.165, 1.54) is 5.69 Å². The summed E-state index contributed by atoms with van der Waals surface area (Å²) in [6, 6.07) is 7.96. The number of benzene rings is 1. The Hall–Kier alpha value is -1.15. The molecule has 0 radical (unpaired) electrons. The minimum Gasteiger partial charge on any atom is -0.726 e. The number of nitrogens with two attached hydrogens (primary N) is 1. The van der Waals surface area contributed by atoms with Crippen LogP contribution < -0.4 is 10.2 Å². The second-order valence-electron chi connectivity index (χ2n) is 4.03. The van der Waals surface area contributed by atoms with E-state index in [4.69, 9.17) is 23.3 Å². The van der Waals surface area contributed by atoms with Crippen molar-refractivity contribution in [1.82, 2.24) is 4.48 Å². The molecule has 1 aromatic carbocycles. The van der Waals surface area contributed by atoms with Gasteiger partial charge in [0.15, 0.2) is 0 Å². The minimum absolute atomic E-state index is 0.821. The number of quaternary nitrogens is 1. The van der Waals surface area contributed by atoms with Gasteiger partial charge in [0, 0.05) is 17.8 Å². The maximum Gasteiger partial charge on any atom is 0.215 e. The summed E-state index contributed by atoms with van der Waals surface area (Å²) < 4.78 is 33.7. The summed E-state index contributed by atoms with van der Waals surface area (Å²) in [4.78, 5) is 0. The van der Waals surface area contributed by atoms with Crippen molar-refractivity contribution in [2.75, 3.05) is 26.9 Å². The first kappa shape index (κ1) is 14.8. The molecule has 0 saturated heterocycles. The largest absolute Gasteiger partial charge is 0.726 e. The van der Waals surface area contributed by atoms with Crippen molar-refractivity contribution < 1.29 is 17.5 Å². The fraction of sp³-hybridized carbons (Fsp3) is 0.333. The monoisotopic (exact) mass is 248 g/mol. The van der Waals surface area contributed by atoms with Gasteiger partial charge < -0.3 is 10.3 Å². The molecule has 1 aromatic rings. The topological polar surface area (TPSA) is 103 Å². The number of hydrogen-bond donors (Lipinski definition) is 2. The van der Waals surface area contributed by atoms with Gasteiger partial charge in [0.05, 0.1) is 21.1 Å². The molecule has 16 heavy (non-hydrogen) atoms. The van der Waals surface area contributed by atoms with E-state index in [9.17, 15) is 0 Å². The minimum atomic E-state index is -4.92. The van der Waals surface area contributed by atoms with Gasteiger partial charge in [-0.3, -0.25) is 9.04 Å². The second kappa shape index (κ2) is 5.26. The Morgan fingerprint density at radius 2 is 1.50 bits per heavy atom. The van der Waals surface area contributed by atoms with Crippen LogP contribution in [-0.2, 0) is 10.4 Å². The van der Waals surface area contributed by atoms with Gasteiger partial charge in [0.2, 0.25) is 10.4 Å². The molecule has 3 N–H and O–H groups in total. The fourth-order valence-corrected chi connectivity index (χ4v) is 0.922. The summed E-state index contributed by atoms with van der Waals surface area (Å²) >= 11 is 0. The van der Waals surface area contributed by atoms with E-state index in [-0.39, 0.29) is 0 Å².